The third-order valence-corrected chi connectivity index (χ3v) is 3.54. The minimum Gasteiger partial charge on any atom is -0.449 e. The predicted octanol–water partition coefficient (Wildman–Crippen LogP) is 3.78. The van der Waals surface area contributed by atoms with Crippen molar-refractivity contribution >= 4 is 29.3 Å². The number of halogens is 2. The molecule has 0 aliphatic carbocycles. The van der Waals surface area contributed by atoms with Crippen LogP contribution in [0, 0.1) is 10.1 Å². The van der Waals surface area contributed by atoms with E-state index >= 15 is 0 Å². The Bertz CT molecular complexity index is 915. The molecule has 0 unspecified atom stereocenters. The molecule has 2 rings (SSSR count). The molecule has 1 amide bonds. The number of esters is 1. The van der Waals surface area contributed by atoms with Crippen LogP contribution in [0.2, 0.25) is 0 Å². The van der Waals surface area contributed by atoms with Gasteiger partial charge in [0, 0.05) is 12.1 Å². The van der Waals surface area contributed by atoms with Crippen LogP contribution in [0.1, 0.15) is 12.5 Å². The molecule has 1 atom stereocenters. The minimum atomic E-state index is -2.93. The fourth-order valence-electron chi connectivity index (χ4n) is 2.16. The number of anilines is 1. The molecule has 0 spiro atoms. The second kappa shape index (κ2) is 9.93. The van der Waals surface area contributed by atoms with Gasteiger partial charge in [-0.3, -0.25) is 14.9 Å². The van der Waals surface area contributed by atoms with Crippen LogP contribution in [0.5, 0.6) is 5.75 Å². The molecule has 0 heterocycles. The molecule has 0 saturated carbocycles. The Morgan fingerprint density at radius 1 is 1.14 bits per heavy atom. The van der Waals surface area contributed by atoms with Crippen molar-refractivity contribution in [2.24, 2.45) is 0 Å². The Morgan fingerprint density at radius 3 is 2.41 bits per heavy atom. The summed E-state index contributed by atoms with van der Waals surface area (Å²) < 4.78 is 33.4. The highest BCUT2D eigenvalue weighted by Crippen LogP contribution is 2.23. The van der Waals surface area contributed by atoms with Gasteiger partial charge in [-0.1, -0.05) is 24.3 Å². The van der Waals surface area contributed by atoms with Crippen LogP contribution in [0.25, 0.3) is 6.08 Å². The van der Waals surface area contributed by atoms with Gasteiger partial charge in [0.2, 0.25) is 0 Å². The number of carbonyl (C=O) groups excluding carboxylic acids is 2. The molecule has 0 saturated heterocycles. The maximum Gasteiger partial charge on any atom is 0.387 e. The van der Waals surface area contributed by atoms with E-state index in [1.54, 1.807) is 0 Å². The Morgan fingerprint density at radius 2 is 1.79 bits per heavy atom. The number of hydrogen-bond acceptors (Lipinski definition) is 6. The first kappa shape index (κ1) is 21.5. The highest BCUT2D eigenvalue weighted by Gasteiger charge is 2.20. The van der Waals surface area contributed by atoms with E-state index in [1.807, 2.05) is 0 Å². The lowest BCUT2D eigenvalue weighted by atomic mass is 10.2. The third kappa shape index (κ3) is 6.69. The number of nitro groups is 1. The van der Waals surface area contributed by atoms with Crippen LogP contribution < -0.4 is 10.1 Å². The van der Waals surface area contributed by atoms with Gasteiger partial charge in [0.05, 0.1) is 4.92 Å². The summed E-state index contributed by atoms with van der Waals surface area (Å²) in [4.78, 5) is 34.3. The van der Waals surface area contributed by atoms with Crippen molar-refractivity contribution in [1.82, 2.24) is 0 Å². The highest BCUT2D eigenvalue weighted by molar-refractivity contribution is 5.98. The molecule has 152 valence electrons. The number of alkyl halides is 2. The largest absolute Gasteiger partial charge is 0.449 e. The molecule has 2 aromatic rings. The topological polar surface area (TPSA) is 108 Å². The lowest BCUT2D eigenvalue weighted by Crippen LogP contribution is -2.29. The number of hydrogen-bond donors (Lipinski definition) is 1. The summed E-state index contributed by atoms with van der Waals surface area (Å²) in [6.45, 7) is -1.62. The van der Waals surface area contributed by atoms with E-state index in [-0.39, 0.29) is 17.1 Å². The normalized spacial score (nSPS) is 11.9. The lowest BCUT2D eigenvalue weighted by Gasteiger charge is -2.12. The maximum atomic E-state index is 12.1. The first-order chi connectivity index (χ1) is 13.8. The van der Waals surface area contributed by atoms with Crippen LogP contribution in [0.4, 0.5) is 20.2 Å². The highest BCUT2D eigenvalue weighted by atomic mass is 19.3. The fraction of sp³-hybridized carbons (Fsp3) is 0.158. The molecule has 0 aromatic heterocycles. The Kier molecular flexibility index (Phi) is 7.35. The standard InChI is InChI=1S/C19H16F2N2O6/c1-12(18(25)22-15-4-2-3-5-16(15)23(26)27)28-17(24)11-8-13-6-9-14(10-7-13)29-19(20)21/h2-12,19H,1H3,(H,22,25)/b11-8+/t12-/m0/s1. The van der Waals surface area contributed by atoms with Gasteiger partial charge in [-0.05, 0) is 36.8 Å². The van der Waals surface area contributed by atoms with E-state index in [9.17, 15) is 28.5 Å². The smallest absolute Gasteiger partial charge is 0.387 e. The molecule has 0 aliphatic heterocycles. The molecular formula is C19H16F2N2O6. The van der Waals surface area contributed by atoms with Crippen molar-refractivity contribution in [2.45, 2.75) is 19.6 Å². The third-order valence-electron chi connectivity index (χ3n) is 3.54. The number of benzene rings is 2. The Balaban J connectivity index is 1.92. The van der Waals surface area contributed by atoms with Gasteiger partial charge in [-0.15, -0.1) is 0 Å². The van der Waals surface area contributed by atoms with E-state index in [4.69, 9.17) is 4.74 Å². The number of carbonyl (C=O) groups is 2. The zero-order valence-electron chi connectivity index (χ0n) is 15.1. The van der Waals surface area contributed by atoms with Gasteiger partial charge < -0.3 is 14.8 Å². The van der Waals surface area contributed by atoms with Crippen LogP contribution in [0.15, 0.2) is 54.6 Å². The molecule has 0 radical (unpaired) electrons. The summed E-state index contributed by atoms with van der Waals surface area (Å²) in [5, 5.41) is 13.3. The quantitative estimate of drug-likeness (QED) is 0.309. The van der Waals surface area contributed by atoms with Crippen molar-refractivity contribution in [3.8, 4) is 5.75 Å². The zero-order chi connectivity index (χ0) is 21.4. The first-order valence-electron chi connectivity index (χ1n) is 8.24. The van der Waals surface area contributed by atoms with Crippen LogP contribution in [-0.2, 0) is 14.3 Å². The second-order valence-corrected chi connectivity index (χ2v) is 5.62. The molecule has 10 heteroatoms. The Hall–Kier alpha value is -3.82. The van der Waals surface area contributed by atoms with Gasteiger partial charge in [0.25, 0.3) is 11.6 Å². The SMILES string of the molecule is C[C@H](OC(=O)/C=C/c1ccc(OC(F)F)cc1)C(=O)Nc1ccccc1[N+](=O)[O-]. The van der Waals surface area contributed by atoms with E-state index in [0.717, 1.165) is 6.08 Å². The number of amides is 1. The zero-order valence-corrected chi connectivity index (χ0v) is 15.1. The average molecular weight is 406 g/mol. The number of ether oxygens (including phenoxy) is 2. The number of para-hydroxylation sites is 2. The van der Waals surface area contributed by atoms with Crippen molar-refractivity contribution in [3.05, 3.63) is 70.3 Å². The Labute approximate surface area is 163 Å². The monoisotopic (exact) mass is 406 g/mol. The summed E-state index contributed by atoms with van der Waals surface area (Å²) in [7, 11) is 0. The van der Waals surface area contributed by atoms with Crippen LogP contribution in [0.3, 0.4) is 0 Å². The van der Waals surface area contributed by atoms with E-state index in [2.05, 4.69) is 10.1 Å². The van der Waals surface area contributed by atoms with Crippen LogP contribution >= 0.6 is 0 Å². The van der Waals surface area contributed by atoms with Gasteiger partial charge >= 0.3 is 12.6 Å². The van der Waals surface area contributed by atoms with Crippen molar-refractivity contribution in [1.29, 1.82) is 0 Å². The van der Waals surface area contributed by atoms with Gasteiger partial charge in [-0.25, -0.2) is 4.79 Å². The molecule has 1 N–H and O–H groups in total. The van der Waals surface area contributed by atoms with E-state index < -0.39 is 29.5 Å². The average Bonchev–Trinajstić information content (AvgIpc) is 2.67. The lowest BCUT2D eigenvalue weighted by molar-refractivity contribution is -0.383. The van der Waals surface area contributed by atoms with E-state index in [1.165, 1.54) is 61.5 Å². The summed E-state index contributed by atoms with van der Waals surface area (Å²) in [6.07, 6.45) is 1.20. The fourth-order valence-corrected chi connectivity index (χ4v) is 2.16. The molecule has 0 fully saturated rings. The summed E-state index contributed by atoms with van der Waals surface area (Å²) in [5.74, 6) is -1.60. The number of nitro benzene ring substituents is 1. The summed E-state index contributed by atoms with van der Waals surface area (Å²) in [6, 6.07) is 11.1. The molecule has 0 bridgehead atoms. The van der Waals surface area contributed by atoms with Crippen LogP contribution in [-0.4, -0.2) is 29.5 Å². The summed E-state index contributed by atoms with van der Waals surface area (Å²) >= 11 is 0. The maximum absolute atomic E-state index is 12.1. The molecule has 2 aromatic carbocycles. The van der Waals surface area contributed by atoms with Gasteiger partial charge in [0.15, 0.2) is 6.10 Å². The minimum absolute atomic E-state index is 0.0213. The number of rotatable bonds is 8. The molecule has 8 nitrogen and oxygen atoms in total. The number of nitrogens with zero attached hydrogens (tertiary/aromatic N) is 1. The number of nitrogens with one attached hydrogen (secondary N) is 1. The van der Waals surface area contributed by atoms with E-state index in [0.29, 0.717) is 5.56 Å². The van der Waals surface area contributed by atoms with Crippen molar-refractivity contribution in [2.75, 3.05) is 5.32 Å². The van der Waals surface area contributed by atoms with Gasteiger partial charge in [-0.2, -0.15) is 8.78 Å². The molecular weight excluding hydrogens is 390 g/mol. The van der Waals surface area contributed by atoms with Crippen molar-refractivity contribution < 1.29 is 32.8 Å². The molecule has 29 heavy (non-hydrogen) atoms. The van der Waals surface area contributed by atoms with Gasteiger partial charge in [0.1, 0.15) is 11.4 Å². The van der Waals surface area contributed by atoms with Crippen molar-refractivity contribution in [3.63, 3.8) is 0 Å². The summed E-state index contributed by atoms with van der Waals surface area (Å²) in [5.41, 5.74) is 0.200. The first-order valence-corrected chi connectivity index (χ1v) is 8.24. The second-order valence-electron chi connectivity index (χ2n) is 5.62. The molecule has 0 aliphatic rings. The predicted molar refractivity (Wildman–Crippen MR) is 99.4 cm³/mol.